The molecule has 0 heterocycles. The van der Waals surface area contributed by atoms with E-state index in [4.69, 9.17) is 5.11 Å². The summed E-state index contributed by atoms with van der Waals surface area (Å²) in [5.41, 5.74) is 2.04. The maximum Gasteiger partial charge on any atom is 0.310 e. The molecule has 15 heavy (non-hydrogen) atoms. The normalized spacial score (nSPS) is 15.1. The number of carbonyl (C=O) groups excluding carboxylic acids is 1. The maximum atomic E-state index is 11.4. The number of hydrogen-bond donors (Lipinski definition) is 1. The van der Waals surface area contributed by atoms with Crippen LogP contribution in [0.15, 0.2) is 24.3 Å². The van der Waals surface area contributed by atoms with Gasteiger partial charge < -0.3 is 5.11 Å². The first-order chi connectivity index (χ1) is 7.11. The van der Waals surface area contributed by atoms with Crippen molar-refractivity contribution in [2.24, 2.45) is 0 Å². The third kappa shape index (κ3) is 1.46. The molecule has 3 heteroatoms. The average Bonchev–Trinajstić information content (AvgIpc) is 2.59. The molecule has 1 unspecified atom stereocenters. The van der Waals surface area contributed by atoms with Crippen molar-refractivity contribution < 1.29 is 14.7 Å². The van der Waals surface area contributed by atoms with E-state index in [9.17, 15) is 9.59 Å². The molecule has 0 aliphatic heterocycles. The fraction of sp³-hybridized carbons (Fsp3) is 0.167. The highest BCUT2D eigenvalue weighted by atomic mass is 16.4. The first kappa shape index (κ1) is 9.65. The smallest absolute Gasteiger partial charge is 0.310 e. The topological polar surface area (TPSA) is 54.4 Å². The van der Waals surface area contributed by atoms with Gasteiger partial charge in [-0.05, 0) is 24.1 Å². The van der Waals surface area contributed by atoms with E-state index in [1.165, 1.54) is 6.08 Å². The summed E-state index contributed by atoms with van der Waals surface area (Å²) in [6, 6.07) is 5.19. The molecule has 0 saturated heterocycles. The number of allylic oxidation sites excluding steroid dienone is 1. The van der Waals surface area contributed by atoms with Gasteiger partial charge in [0.15, 0.2) is 5.78 Å². The van der Waals surface area contributed by atoms with Crippen molar-refractivity contribution >= 4 is 17.8 Å². The van der Waals surface area contributed by atoms with Crippen LogP contribution < -0.4 is 0 Å². The number of carboxylic acids is 1. The second-order valence-electron chi connectivity index (χ2n) is 3.57. The van der Waals surface area contributed by atoms with Gasteiger partial charge in [0.05, 0.1) is 5.92 Å². The molecule has 2 rings (SSSR count). The minimum absolute atomic E-state index is 0.0514. The summed E-state index contributed by atoms with van der Waals surface area (Å²) in [4.78, 5) is 22.2. The monoisotopic (exact) mass is 202 g/mol. The molecule has 1 N–H and O–H groups in total. The van der Waals surface area contributed by atoms with Crippen molar-refractivity contribution in [3.05, 3.63) is 41.0 Å². The van der Waals surface area contributed by atoms with Crippen molar-refractivity contribution in [3.63, 3.8) is 0 Å². The molecule has 0 spiro atoms. The predicted molar refractivity (Wildman–Crippen MR) is 55.9 cm³/mol. The fourth-order valence-electron chi connectivity index (χ4n) is 1.74. The Morgan fingerprint density at radius 2 is 2.07 bits per heavy atom. The summed E-state index contributed by atoms with van der Waals surface area (Å²) in [5, 5.41) is 8.92. The second-order valence-corrected chi connectivity index (χ2v) is 3.57. The largest absolute Gasteiger partial charge is 0.481 e. The molecule has 0 fully saturated rings. The fourth-order valence-corrected chi connectivity index (χ4v) is 1.74. The van der Waals surface area contributed by atoms with Crippen molar-refractivity contribution in [2.75, 3.05) is 0 Å². The van der Waals surface area contributed by atoms with Crippen LogP contribution in [0.2, 0.25) is 0 Å². The lowest BCUT2D eigenvalue weighted by atomic mass is 9.94. The van der Waals surface area contributed by atoms with E-state index in [-0.39, 0.29) is 5.78 Å². The number of fused-ring (bicyclic) bond motifs is 1. The van der Waals surface area contributed by atoms with Gasteiger partial charge in [-0.2, -0.15) is 0 Å². The molecule has 0 radical (unpaired) electrons. The molecule has 0 bridgehead atoms. The summed E-state index contributed by atoms with van der Waals surface area (Å²) in [7, 11) is 0. The van der Waals surface area contributed by atoms with Crippen LogP contribution >= 0.6 is 0 Å². The highest BCUT2D eigenvalue weighted by Crippen LogP contribution is 2.28. The van der Waals surface area contributed by atoms with Crippen LogP contribution in [0.5, 0.6) is 0 Å². The van der Waals surface area contributed by atoms with Crippen molar-refractivity contribution in [1.29, 1.82) is 0 Å². The van der Waals surface area contributed by atoms with E-state index >= 15 is 0 Å². The van der Waals surface area contributed by atoms with Crippen LogP contribution in [-0.2, 0) is 4.79 Å². The SMILES string of the molecule is CC(C(=O)O)c1cccc2c1C=CC2=O. The Hall–Kier alpha value is -1.90. The van der Waals surface area contributed by atoms with E-state index in [1.807, 2.05) is 0 Å². The van der Waals surface area contributed by atoms with Crippen LogP contribution in [0.3, 0.4) is 0 Å². The molecule has 0 amide bonds. The van der Waals surface area contributed by atoms with Gasteiger partial charge in [-0.3, -0.25) is 9.59 Å². The third-order valence-electron chi connectivity index (χ3n) is 2.64. The lowest BCUT2D eigenvalue weighted by molar-refractivity contribution is -0.138. The van der Waals surface area contributed by atoms with Gasteiger partial charge >= 0.3 is 5.97 Å². The van der Waals surface area contributed by atoms with Gasteiger partial charge in [-0.15, -0.1) is 0 Å². The molecule has 0 saturated carbocycles. The maximum absolute atomic E-state index is 11.4. The molecule has 1 aromatic rings. The zero-order valence-corrected chi connectivity index (χ0v) is 8.23. The van der Waals surface area contributed by atoms with E-state index in [1.54, 1.807) is 31.2 Å². The minimum atomic E-state index is -0.879. The molecule has 1 aliphatic carbocycles. The number of ketones is 1. The molecule has 0 aromatic heterocycles. The van der Waals surface area contributed by atoms with Gasteiger partial charge in [0.2, 0.25) is 0 Å². The zero-order valence-electron chi connectivity index (χ0n) is 8.23. The number of carboxylic acid groups (broad SMARTS) is 1. The van der Waals surface area contributed by atoms with Crippen molar-refractivity contribution in [2.45, 2.75) is 12.8 Å². The van der Waals surface area contributed by atoms with Crippen LogP contribution in [0, 0.1) is 0 Å². The molecule has 3 nitrogen and oxygen atoms in total. The Morgan fingerprint density at radius 1 is 1.33 bits per heavy atom. The van der Waals surface area contributed by atoms with Gasteiger partial charge in [0, 0.05) is 5.56 Å². The van der Waals surface area contributed by atoms with Crippen molar-refractivity contribution in [1.82, 2.24) is 0 Å². The molecule has 76 valence electrons. The second kappa shape index (κ2) is 3.35. The number of hydrogen-bond acceptors (Lipinski definition) is 2. The predicted octanol–water partition coefficient (Wildman–Crippen LogP) is 2.08. The number of rotatable bonds is 2. The molecular formula is C12H10O3. The van der Waals surface area contributed by atoms with E-state index < -0.39 is 11.9 Å². The lowest BCUT2D eigenvalue weighted by Gasteiger charge is -2.10. The third-order valence-corrected chi connectivity index (χ3v) is 2.64. The molecule has 1 atom stereocenters. The van der Waals surface area contributed by atoms with Crippen LogP contribution in [0.25, 0.3) is 6.08 Å². The number of benzene rings is 1. The first-order valence-electron chi connectivity index (χ1n) is 4.69. The average molecular weight is 202 g/mol. The standard InChI is InChI=1S/C12H10O3/c1-7(12(14)15)8-3-2-4-10-9(8)5-6-11(10)13/h2-7H,1H3,(H,14,15). The highest BCUT2D eigenvalue weighted by Gasteiger charge is 2.22. The van der Waals surface area contributed by atoms with Gasteiger partial charge in [0.1, 0.15) is 0 Å². The summed E-state index contributed by atoms with van der Waals surface area (Å²) in [6.07, 6.45) is 3.16. The quantitative estimate of drug-likeness (QED) is 0.798. The van der Waals surface area contributed by atoms with Gasteiger partial charge in [0.25, 0.3) is 0 Å². The van der Waals surface area contributed by atoms with E-state index in [2.05, 4.69) is 0 Å². The summed E-state index contributed by atoms with van der Waals surface area (Å²) < 4.78 is 0. The van der Waals surface area contributed by atoms with E-state index in [0.717, 1.165) is 5.56 Å². The Kier molecular flexibility index (Phi) is 2.15. The van der Waals surface area contributed by atoms with Crippen LogP contribution in [0.4, 0.5) is 0 Å². The summed E-state index contributed by atoms with van der Waals surface area (Å²) in [5.74, 6) is -1.52. The first-order valence-corrected chi connectivity index (χ1v) is 4.69. The molecule has 1 aromatic carbocycles. The molecular weight excluding hydrogens is 192 g/mol. The van der Waals surface area contributed by atoms with Crippen LogP contribution in [0.1, 0.15) is 34.3 Å². The Balaban J connectivity index is 2.56. The number of aliphatic carboxylic acids is 1. The summed E-state index contributed by atoms with van der Waals surface area (Å²) >= 11 is 0. The summed E-state index contributed by atoms with van der Waals surface area (Å²) in [6.45, 7) is 1.62. The van der Waals surface area contributed by atoms with Crippen LogP contribution in [-0.4, -0.2) is 16.9 Å². The Bertz CT molecular complexity index is 472. The van der Waals surface area contributed by atoms with E-state index in [0.29, 0.717) is 11.1 Å². The zero-order chi connectivity index (χ0) is 11.0. The Morgan fingerprint density at radius 3 is 2.73 bits per heavy atom. The minimum Gasteiger partial charge on any atom is -0.481 e. The molecule has 1 aliphatic rings. The van der Waals surface area contributed by atoms with Gasteiger partial charge in [-0.25, -0.2) is 0 Å². The lowest BCUT2D eigenvalue weighted by Crippen LogP contribution is -2.09. The highest BCUT2D eigenvalue weighted by molar-refractivity contribution is 6.14. The number of carbonyl (C=O) groups is 2. The van der Waals surface area contributed by atoms with Gasteiger partial charge in [-0.1, -0.05) is 24.3 Å². The Labute approximate surface area is 87.0 Å². The van der Waals surface area contributed by atoms with Crippen molar-refractivity contribution in [3.8, 4) is 0 Å².